The summed E-state index contributed by atoms with van der Waals surface area (Å²) in [5.74, 6) is 1.02. The van der Waals surface area contributed by atoms with E-state index in [9.17, 15) is 4.79 Å². The first kappa shape index (κ1) is 14.8. The summed E-state index contributed by atoms with van der Waals surface area (Å²) >= 11 is 0. The van der Waals surface area contributed by atoms with Crippen LogP contribution in [0.2, 0.25) is 0 Å². The molecular formula is C13H22N4O3. The summed E-state index contributed by atoms with van der Waals surface area (Å²) in [5.41, 5.74) is 0. The molecule has 1 atom stereocenters. The summed E-state index contributed by atoms with van der Waals surface area (Å²) < 4.78 is 10.1. The molecule has 1 aliphatic rings. The topological polar surface area (TPSA) is 80.5 Å². The Bertz CT molecular complexity index is 435. The molecule has 1 saturated heterocycles. The highest BCUT2D eigenvalue weighted by Crippen LogP contribution is 2.28. The third kappa shape index (κ3) is 3.47. The normalized spacial score (nSPS) is 19.7. The van der Waals surface area contributed by atoms with Crippen molar-refractivity contribution in [1.82, 2.24) is 20.4 Å². The zero-order chi connectivity index (χ0) is 14.4. The second-order valence-electron chi connectivity index (χ2n) is 4.87. The number of methoxy groups -OCH3 is 1. The van der Waals surface area contributed by atoms with Crippen molar-refractivity contribution in [3.8, 4) is 0 Å². The van der Waals surface area contributed by atoms with Gasteiger partial charge in [-0.3, -0.25) is 0 Å². The van der Waals surface area contributed by atoms with Crippen molar-refractivity contribution in [2.24, 2.45) is 0 Å². The van der Waals surface area contributed by atoms with Gasteiger partial charge in [0.05, 0.1) is 6.04 Å². The maximum absolute atomic E-state index is 12.2. The summed E-state index contributed by atoms with van der Waals surface area (Å²) in [6.07, 6.45) is 4.06. The molecule has 0 aliphatic carbocycles. The van der Waals surface area contributed by atoms with Crippen molar-refractivity contribution >= 4 is 6.03 Å². The first-order valence-electron chi connectivity index (χ1n) is 7.12. The quantitative estimate of drug-likeness (QED) is 0.911. The van der Waals surface area contributed by atoms with Gasteiger partial charge in [0.25, 0.3) is 5.89 Å². The molecule has 2 heterocycles. The molecule has 1 aliphatic heterocycles. The smallest absolute Gasteiger partial charge is 0.318 e. The number of carbonyl (C=O) groups is 1. The van der Waals surface area contributed by atoms with Gasteiger partial charge in [-0.05, 0) is 19.8 Å². The number of hydrogen-bond donors (Lipinski definition) is 1. The van der Waals surface area contributed by atoms with E-state index >= 15 is 0 Å². The molecule has 1 N–H and O–H groups in total. The number of nitrogens with zero attached hydrogens (tertiary/aromatic N) is 3. The van der Waals surface area contributed by atoms with E-state index in [0.29, 0.717) is 24.9 Å². The Morgan fingerprint density at radius 1 is 1.50 bits per heavy atom. The fourth-order valence-corrected chi connectivity index (χ4v) is 2.46. The Morgan fingerprint density at radius 3 is 3.10 bits per heavy atom. The van der Waals surface area contributed by atoms with Crippen LogP contribution in [0.4, 0.5) is 4.79 Å². The third-order valence-electron chi connectivity index (χ3n) is 3.39. The van der Waals surface area contributed by atoms with Gasteiger partial charge in [0, 0.05) is 20.2 Å². The van der Waals surface area contributed by atoms with Gasteiger partial charge >= 0.3 is 6.03 Å². The van der Waals surface area contributed by atoms with Crippen LogP contribution in [-0.4, -0.2) is 41.3 Å². The maximum atomic E-state index is 12.2. The van der Waals surface area contributed by atoms with Crippen LogP contribution in [0.1, 0.15) is 50.4 Å². The van der Waals surface area contributed by atoms with Crippen molar-refractivity contribution in [1.29, 1.82) is 0 Å². The number of amides is 2. The van der Waals surface area contributed by atoms with Crippen molar-refractivity contribution in [2.45, 2.75) is 45.3 Å². The van der Waals surface area contributed by atoms with Crippen LogP contribution in [0.15, 0.2) is 4.52 Å². The Hall–Kier alpha value is -1.63. The van der Waals surface area contributed by atoms with Crippen molar-refractivity contribution in [3.63, 3.8) is 0 Å². The molecule has 0 radical (unpaired) electrons. The van der Waals surface area contributed by atoms with Gasteiger partial charge in [0.2, 0.25) is 0 Å². The lowest BCUT2D eigenvalue weighted by atomic mass is 10.1. The monoisotopic (exact) mass is 282 g/mol. The lowest BCUT2D eigenvalue weighted by molar-refractivity contribution is 0.151. The molecule has 2 amide bonds. The van der Waals surface area contributed by atoms with E-state index in [1.807, 2.05) is 11.8 Å². The Morgan fingerprint density at radius 2 is 2.35 bits per heavy atom. The number of urea groups is 1. The molecular weight excluding hydrogens is 260 g/mol. The molecule has 7 nitrogen and oxygen atoms in total. The van der Waals surface area contributed by atoms with E-state index < -0.39 is 0 Å². The van der Waals surface area contributed by atoms with Crippen LogP contribution in [0, 0.1) is 0 Å². The summed E-state index contributed by atoms with van der Waals surface area (Å²) in [5, 5.41) is 6.86. The zero-order valence-electron chi connectivity index (χ0n) is 12.1. The van der Waals surface area contributed by atoms with Gasteiger partial charge in [-0.15, -0.1) is 0 Å². The number of hydrogen-bond acceptors (Lipinski definition) is 5. The highest BCUT2D eigenvalue weighted by atomic mass is 16.5. The summed E-state index contributed by atoms with van der Waals surface area (Å²) in [7, 11) is 1.58. The fraction of sp³-hybridized carbons (Fsp3) is 0.769. The maximum Gasteiger partial charge on any atom is 0.318 e. The van der Waals surface area contributed by atoms with Crippen LogP contribution >= 0.6 is 0 Å². The van der Waals surface area contributed by atoms with Crippen LogP contribution in [0.5, 0.6) is 0 Å². The van der Waals surface area contributed by atoms with Gasteiger partial charge in [-0.1, -0.05) is 18.0 Å². The molecule has 20 heavy (non-hydrogen) atoms. The van der Waals surface area contributed by atoms with E-state index in [2.05, 4.69) is 15.5 Å². The van der Waals surface area contributed by atoms with Gasteiger partial charge in [-0.2, -0.15) is 4.98 Å². The SMILES string of the molecule is CCNC(=O)N1CCCCC[C@@H]1c1noc(COC)n1. The van der Waals surface area contributed by atoms with E-state index in [1.54, 1.807) is 7.11 Å². The van der Waals surface area contributed by atoms with Crippen molar-refractivity contribution in [2.75, 3.05) is 20.2 Å². The summed E-state index contributed by atoms with van der Waals surface area (Å²) in [4.78, 5) is 18.3. The summed E-state index contributed by atoms with van der Waals surface area (Å²) in [6.45, 7) is 3.55. The average molecular weight is 282 g/mol. The van der Waals surface area contributed by atoms with Gasteiger partial charge in [-0.25, -0.2) is 4.79 Å². The molecule has 0 unspecified atom stereocenters. The third-order valence-corrected chi connectivity index (χ3v) is 3.39. The Kier molecular flexibility index (Phi) is 5.34. The standard InChI is InChI=1S/C13H22N4O3/c1-3-14-13(18)17-8-6-4-5-7-10(17)12-15-11(9-19-2)20-16-12/h10H,3-9H2,1-2H3,(H,14,18)/t10-/m1/s1. The number of ether oxygens (including phenoxy) is 1. The average Bonchev–Trinajstić information content (AvgIpc) is 2.75. The molecule has 112 valence electrons. The molecule has 0 saturated carbocycles. The highest BCUT2D eigenvalue weighted by molar-refractivity contribution is 5.74. The molecule has 0 spiro atoms. The van der Waals surface area contributed by atoms with Gasteiger partial charge in [0.1, 0.15) is 6.61 Å². The molecule has 0 aromatic carbocycles. The second kappa shape index (κ2) is 7.23. The van der Waals surface area contributed by atoms with Gasteiger partial charge < -0.3 is 19.5 Å². The van der Waals surface area contributed by atoms with E-state index in [-0.39, 0.29) is 12.1 Å². The minimum atomic E-state index is -0.113. The van der Waals surface area contributed by atoms with E-state index in [1.165, 1.54) is 0 Å². The largest absolute Gasteiger partial charge is 0.375 e. The molecule has 1 aromatic rings. The molecule has 1 aromatic heterocycles. The van der Waals surface area contributed by atoms with Crippen LogP contribution < -0.4 is 5.32 Å². The molecule has 2 rings (SSSR count). The zero-order valence-corrected chi connectivity index (χ0v) is 12.1. The highest BCUT2D eigenvalue weighted by Gasteiger charge is 2.30. The molecule has 1 fully saturated rings. The predicted molar refractivity (Wildman–Crippen MR) is 72.0 cm³/mol. The first-order valence-corrected chi connectivity index (χ1v) is 7.12. The minimum absolute atomic E-state index is 0.0579. The van der Waals surface area contributed by atoms with Crippen molar-refractivity contribution < 1.29 is 14.1 Å². The van der Waals surface area contributed by atoms with Crippen LogP contribution in [0.3, 0.4) is 0 Å². The van der Waals surface area contributed by atoms with Crippen LogP contribution in [0.25, 0.3) is 0 Å². The number of aromatic nitrogens is 2. The number of nitrogens with one attached hydrogen (secondary N) is 1. The Labute approximate surface area is 118 Å². The first-order chi connectivity index (χ1) is 9.76. The lowest BCUT2D eigenvalue weighted by Crippen LogP contribution is -2.42. The van der Waals surface area contributed by atoms with Crippen LogP contribution in [-0.2, 0) is 11.3 Å². The van der Waals surface area contributed by atoms with E-state index in [0.717, 1.165) is 32.2 Å². The van der Waals surface area contributed by atoms with Crippen molar-refractivity contribution in [3.05, 3.63) is 11.7 Å². The minimum Gasteiger partial charge on any atom is -0.375 e. The molecule has 0 bridgehead atoms. The van der Waals surface area contributed by atoms with E-state index in [4.69, 9.17) is 9.26 Å². The number of carbonyl (C=O) groups excluding carboxylic acids is 1. The lowest BCUT2D eigenvalue weighted by Gasteiger charge is -2.27. The second-order valence-corrected chi connectivity index (χ2v) is 4.87. The van der Waals surface area contributed by atoms with Gasteiger partial charge in [0.15, 0.2) is 5.82 Å². The Balaban J connectivity index is 2.16. The predicted octanol–water partition coefficient (Wildman–Crippen LogP) is 1.86. The molecule has 7 heteroatoms. The fourth-order valence-electron chi connectivity index (χ4n) is 2.46. The number of rotatable bonds is 4. The number of likely N-dealkylation sites (tertiary alicyclic amines) is 1. The summed E-state index contributed by atoms with van der Waals surface area (Å²) in [6, 6.07) is -0.170.